The molecule has 27 heavy (non-hydrogen) atoms. The number of methoxy groups -OCH3 is 1. The second-order valence-electron chi connectivity index (χ2n) is 6.39. The van der Waals surface area contributed by atoms with Crippen LogP contribution in [0.1, 0.15) is 36.2 Å². The van der Waals surface area contributed by atoms with E-state index in [0.717, 1.165) is 5.56 Å². The van der Waals surface area contributed by atoms with E-state index in [9.17, 15) is 14.4 Å². The van der Waals surface area contributed by atoms with Crippen LogP contribution in [0.25, 0.3) is 0 Å². The van der Waals surface area contributed by atoms with E-state index in [1.54, 1.807) is 29.2 Å². The minimum absolute atomic E-state index is 0.0233. The Morgan fingerprint density at radius 3 is 2.19 bits per heavy atom. The van der Waals surface area contributed by atoms with Crippen molar-refractivity contribution in [2.75, 3.05) is 12.4 Å². The number of nitrogens with zero attached hydrogens (tertiary/aromatic N) is 1. The molecule has 0 unspecified atom stereocenters. The fourth-order valence-corrected chi connectivity index (χ4v) is 2.59. The topological polar surface area (TPSA) is 75.7 Å². The van der Waals surface area contributed by atoms with Gasteiger partial charge in [-0.1, -0.05) is 30.3 Å². The van der Waals surface area contributed by atoms with Crippen molar-refractivity contribution in [2.45, 2.75) is 32.9 Å². The largest absolute Gasteiger partial charge is 0.465 e. The minimum atomic E-state index is -0.448. The average molecular weight is 368 g/mol. The van der Waals surface area contributed by atoms with E-state index in [4.69, 9.17) is 0 Å². The van der Waals surface area contributed by atoms with E-state index in [-0.39, 0.29) is 18.4 Å². The molecule has 0 aromatic heterocycles. The molecule has 6 nitrogen and oxygen atoms in total. The summed E-state index contributed by atoms with van der Waals surface area (Å²) in [4.78, 5) is 37.9. The first kappa shape index (κ1) is 20.2. The standard InChI is InChI=1S/C21H24N2O4/c1-15(2)23(14-16-7-5-4-6-8-16)20(25)13-19(24)22-18-11-9-17(10-12-18)21(26)27-3/h4-12,15H,13-14H2,1-3H3,(H,22,24). The Hall–Kier alpha value is -3.15. The molecule has 2 aromatic rings. The monoisotopic (exact) mass is 368 g/mol. The van der Waals surface area contributed by atoms with E-state index in [2.05, 4.69) is 10.1 Å². The lowest BCUT2D eigenvalue weighted by atomic mass is 10.1. The highest BCUT2D eigenvalue weighted by Crippen LogP contribution is 2.13. The summed E-state index contributed by atoms with van der Waals surface area (Å²) in [6.45, 7) is 4.30. The summed E-state index contributed by atoms with van der Waals surface area (Å²) in [5.41, 5.74) is 1.92. The number of amides is 2. The molecule has 142 valence electrons. The molecule has 2 rings (SSSR count). The van der Waals surface area contributed by atoms with Crippen molar-refractivity contribution in [2.24, 2.45) is 0 Å². The summed E-state index contributed by atoms with van der Waals surface area (Å²) < 4.78 is 4.63. The molecule has 0 fully saturated rings. The number of carbonyl (C=O) groups is 3. The normalized spacial score (nSPS) is 10.4. The Kier molecular flexibility index (Phi) is 7.11. The zero-order valence-electron chi connectivity index (χ0n) is 15.8. The maximum Gasteiger partial charge on any atom is 0.337 e. The molecule has 1 N–H and O–H groups in total. The van der Waals surface area contributed by atoms with Gasteiger partial charge in [-0.2, -0.15) is 0 Å². The quantitative estimate of drug-likeness (QED) is 0.601. The summed E-state index contributed by atoms with van der Waals surface area (Å²) >= 11 is 0. The van der Waals surface area contributed by atoms with Gasteiger partial charge in [0.05, 0.1) is 12.7 Å². The highest BCUT2D eigenvalue weighted by molar-refractivity contribution is 6.03. The molecule has 0 saturated heterocycles. The van der Waals surface area contributed by atoms with Crippen LogP contribution in [0.4, 0.5) is 5.69 Å². The minimum Gasteiger partial charge on any atom is -0.465 e. The fraction of sp³-hybridized carbons (Fsp3) is 0.286. The van der Waals surface area contributed by atoms with E-state index in [1.807, 2.05) is 44.2 Å². The number of benzene rings is 2. The van der Waals surface area contributed by atoms with E-state index < -0.39 is 11.9 Å². The van der Waals surface area contributed by atoms with Crippen LogP contribution in [0.5, 0.6) is 0 Å². The van der Waals surface area contributed by atoms with Crippen molar-refractivity contribution in [3.05, 3.63) is 65.7 Å². The number of hydrogen-bond donors (Lipinski definition) is 1. The Labute approximate surface area is 159 Å². The number of esters is 1. The Morgan fingerprint density at radius 1 is 1.00 bits per heavy atom. The summed E-state index contributed by atoms with van der Waals surface area (Å²) in [7, 11) is 1.31. The Bertz CT molecular complexity index is 786. The van der Waals surface area contributed by atoms with Gasteiger partial charge in [0.2, 0.25) is 11.8 Å². The number of rotatable bonds is 7. The van der Waals surface area contributed by atoms with Crippen LogP contribution in [0, 0.1) is 0 Å². The van der Waals surface area contributed by atoms with Crippen LogP contribution in [0.2, 0.25) is 0 Å². The summed E-state index contributed by atoms with van der Waals surface area (Å²) in [5, 5.41) is 2.68. The van der Waals surface area contributed by atoms with Gasteiger partial charge in [0, 0.05) is 18.3 Å². The maximum atomic E-state index is 12.6. The highest BCUT2D eigenvalue weighted by atomic mass is 16.5. The fourth-order valence-electron chi connectivity index (χ4n) is 2.59. The zero-order chi connectivity index (χ0) is 19.8. The molecule has 2 amide bonds. The first-order valence-electron chi connectivity index (χ1n) is 8.72. The molecule has 0 aliphatic carbocycles. The zero-order valence-corrected chi connectivity index (χ0v) is 15.8. The van der Waals surface area contributed by atoms with Crippen molar-refractivity contribution in [3.63, 3.8) is 0 Å². The molecule has 0 atom stereocenters. The third-order valence-corrected chi connectivity index (χ3v) is 4.04. The van der Waals surface area contributed by atoms with Crippen LogP contribution < -0.4 is 5.32 Å². The van der Waals surface area contributed by atoms with Crippen molar-refractivity contribution in [1.82, 2.24) is 4.90 Å². The van der Waals surface area contributed by atoms with Gasteiger partial charge in [-0.25, -0.2) is 4.79 Å². The van der Waals surface area contributed by atoms with Crippen molar-refractivity contribution in [3.8, 4) is 0 Å². The molecule has 0 aliphatic rings. The SMILES string of the molecule is COC(=O)c1ccc(NC(=O)CC(=O)N(Cc2ccccc2)C(C)C)cc1. The van der Waals surface area contributed by atoms with Gasteiger partial charge < -0.3 is 15.0 Å². The van der Waals surface area contributed by atoms with Crippen molar-refractivity contribution in [1.29, 1.82) is 0 Å². The van der Waals surface area contributed by atoms with Crippen molar-refractivity contribution >= 4 is 23.5 Å². The van der Waals surface area contributed by atoms with Gasteiger partial charge in [-0.3, -0.25) is 9.59 Å². The average Bonchev–Trinajstić information content (AvgIpc) is 2.66. The summed E-state index contributed by atoms with van der Waals surface area (Å²) in [6, 6.07) is 15.9. The number of hydrogen-bond acceptors (Lipinski definition) is 4. The predicted molar refractivity (Wildman–Crippen MR) is 103 cm³/mol. The second-order valence-corrected chi connectivity index (χ2v) is 6.39. The molecular formula is C21H24N2O4. The van der Waals surface area contributed by atoms with Gasteiger partial charge in [0.25, 0.3) is 0 Å². The van der Waals surface area contributed by atoms with Gasteiger partial charge in [0.15, 0.2) is 0 Å². The third kappa shape index (κ3) is 5.95. The number of carbonyl (C=O) groups excluding carboxylic acids is 3. The lowest BCUT2D eigenvalue weighted by Crippen LogP contribution is -2.38. The molecule has 0 bridgehead atoms. The van der Waals surface area contributed by atoms with Gasteiger partial charge in [-0.15, -0.1) is 0 Å². The highest BCUT2D eigenvalue weighted by Gasteiger charge is 2.20. The molecular weight excluding hydrogens is 344 g/mol. The smallest absolute Gasteiger partial charge is 0.337 e. The first-order chi connectivity index (χ1) is 12.9. The first-order valence-corrected chi connectivity index (χ1v) is 8.72. The number of anilines is 1. The Balaban J connectivity index is 1.96. The molecule has 2 aromatic carbocycles. The van der Waals surface area contributed by atoms with E-state index >= 15 is 0 Å². The van der Waals surface area contributed by atoms with Crippen LogP contribution >= 0.6 is 0 Å². The van der Waals surface area contributed by atoms with Crippen LogP contribution in [-0.4, -0.2) is 35.8 Å². The van der Waals surface area contributed by atoms with E-state index in [1.165, 1.54) is 7.11 Å². The molecule has 0 heterocycles. The molecule has 0 radical (unpaired) electrons. The van der Waals surface area contributed by atoms with Gasteiger partial charge >= 0.3 is 5.97 Å². The Morgan fingerprint density at radius 2 is 1.63 bits per heavy atom. The van der Waals surface area contributed by atoms with E-state index in [0.29, 0.717) is 17.8 Å². The molecule has 0 aliphatic heterocycles. The predicted octanol–water partition coefficient (Wildman–Crippen LogP) is 3.24. The molecule has 0 saturated carbocycles. The lowest BCUT2D eigenvalue weighted by molar-refractivity contribution is -0.136. The lowest BCUT2D eigenvalue weighted by Gasteiger charge is -2.26. The van der Waals surface area contributed by atoms with Gasteiger partial charge in [-0.05, 0) is 43.7 Å². The van der Waals surface area contributed by atoms with Crippen molar-refractivity contribution < 1.29 is 19.1 Å². The summed E-state index contributed by atoms with van der Waals surface area (Å²) in [5.74, 6) is -1.08. The molecule has 0 spiro atoms. The second kappa shape index (κ2) is 9.52. The maximum absolute atomic E-state index is 12.6. The summed E-state index contributed by atoms with van der Waals surface area (Å²) in [6.07, 6.45) is -0.246. The molecule has 6 heteroatoms. The van der Waals surface area contributed by atoms with Crippen LogP contribution in [0.15, 0.2) is 54.6 Å². The van der Waals surface area contributed by atoms with Crippen LogP contribution in [0.3, 0.4) is 0 Å². The van der Waals surface area contributed by atoms with Crippen LogP contribution in [-0.2, 0) is 20.9 Å². The third-order valence-electron chi connectivity index (χ3n) is 4.04. The number of ether oxygens (including phenoxy) is 1. The number of nitrogens with one attached hydrogen (secondary N) is 1. The van der Waals surface area contributed by atoms with Gasteiger partial charge in [0.1, 0.15) is 6.42 Å².